The molecule has 1 heterocycles. The zero-order chi connectivity index (χ0) is 12.0. The molecule has 92 valence electrons. The van der Waals surface area contributed by atoms with Crippen molar-refractivity contribution in [1.29, 1.82) is 0 Å². The van der Waals surface area contributed by atoms with Gasteiger partial charge in [0.1, 0.15) is 6.34 Å². The first-order chi connectivity index (χ1) is 7.63. The van der Waals surface area contributed by atoms with Crippen LogP contribution in [0.25, 0.3) is 0 Å². The maximum Gasteiger partial charge on any atom is 0.409 e. The monoisotopic (exact) mass is 228 g/mol. The summed E-state index contributed by atoms with van der Waals surface area (Å²) < 4.78 is 5.15. The zero-order valence-corrected chi connectivity index (χ0v) is 9.93. The number of piperazine rings is 1. The second kappa shape index (κ2) is 6.19. The van der Waals surface area contributed by atoms with Crippen molar-refractivity contribution in [2.24, 2.45) is 16.9 Å². The van der Waals surface area contributed by atoms with Crippen LogP contribution in [0.3, 0.4) is 0 Å². The largest absolute Gasteiger partial charge is 0.449 e. The number of hydrogen-bond donors (Lipinski definition) is 1. The minimum absolute atomic E-state index is 0.224. The third-order valence-electron chi connectivity index (χ3n) is 2.34. The molecular weight excluding hydrogens is 208 g/mol. The lowest BCUT2D eigenvalue weighted by molar-refractivity contribution is 0.0798. The highest BCUT2D eigenvalue weighted by atomic mass is 16.6. The lowest BCUT2D eigenvalue weighted by Gasteiger charge is -2.32. The Morgan fingerprint density at radius 3 is 2.56 bits per heavy atom. The maximum absolute atomic E-state index is 11.6. The fraction of sp³-hybridized carbons (Fsp3) is 0.800. The Morgan fingerprint density at radius 2 is 2.06 bits per heavy atom. The summed E-state index contributed by atoms with van der Waals surface area (Å²) >= 11 is 0. The number of hydrogen-bond acceptors (Lipinski definition) is 4. The van der Waals surface area contributed by atoms with Crippen molar-refractivity contribution >= 4 is 12.4 Å². The Hall–Kier alpha value is -1.46. The molecule has 0 unspecified atom stereocenters. The summed E-state index contributed by atoms with van der Waals surface area (Å²) in [5, 5.41) is 3.46. The highest BCUT2D eigenvalue weighted by molar-refractivity contribution is 5.68. The standard InChI is InChI=1S/C10H20N4O2/c1-9(2)7-16-10(15)14-5-3-13(4-6-14)8-12-11/h8-9H,3-7,11H2,1-2H3. The fourth-order valence-corrected chi connectivity index (χ4v) is 1.44. The number of nitrogens with two attached hydrogens (primary N) is 1. The Balaban J connectivity index is 2.27. The van der Waals surface area contributed by atoms with Crippen molar-refractivity contribution in [2.45, 2.75) is 13.8 Å². The van der Waals surface area contributed by atoms with Gasteiger partial charge in [0.15, 0.2) is 0 Å². The predicted molar refractivity (Wildman–Crippen MR) is 62.0 cm³/mol. The van der Waals surface area contributed by atoms with E-state index in [1.165, 1.54) is 0 Å². The molecule has 0 saturated carbocycles. The van der Waals surface area contributed by atoms with Crippen molar-refractivity contribution in [1.82, 2.24) is 9.80 Å². The van der Waals surface area contributed by atoms with Crippen LogP contribution in [0, 0.1) is 5.92 Å². The number of amides is 1. The molecular formula is C10H20N4O2. The van der Waals surface area contributed by atoms with E-state index in [0.29, 0.717) is 25.6 Å². The number of hydrazone groups is 1. The molecule has 0 spiro atoms. The van der Waals surface area contributed by atoms with E-state index in [-0.39, 0.29) is 6.09 Å². The molecule has 1 aliphatic rings. The van der Waals surface area contributed by atoms with Crippen LogP contribution in [0.1, 0.15) is 13.8 Å². The van der Waals surface area contributed by atoms with Gasteiger partial charge >= 0.3 is 6.09 Å². The number of carbonyl (C=O) groups is 1. The molecule has 1 rings (SSSR count). The molecule has 0 radical (unpaired) electrons. The van der Waals surface area contributed by atoms with Gasteiger partial charge in [-0.05, 0) is 5.92 Å². The highest BCUT2D eigenvalue weighted by Gasteiger charge is 2.20. The van der Waals surface area contributed by atoms with Crippen molar-refractivity contribution in [3.8, 4) is 0 Å². The van der Waals surface area contributed by atoms with E-state index >= 15 is 0 Å². The summed E-state index contributed by atoms with van der Waals surface area (Å²) in [5.74, 6) is 5.43. The fourth-order valence-electron chi connectivity index (χ4n) is 1.44. The molecule has 6 nitrogen and oxygen atoms in total. The maximum atomic E-state index is 11.6. The average molecular weight is 228 g/mol. The van der Waals surface area contributed by atoms with Crippen molar-refractivity contribution in [3.63, 3.8) is 0 Å². The molecule has 0 aliphatic carbocycles. The van der Waals surface area contributed by atoms with Gasteiger partial charge < -0.3 is 20.4 Å². The van der Waals surface area contributed by atoms with Gasteiger partial charge in [0.05, 0.1) is 6.61 Å². The van der Waals surface area contributed by atoms with E-state index in [1.807, 2.05) is 18.7 Å². The van der Waals surface area contributed by atoms with Crippen molar-refractivity contribution < 1.29 is 9.53 Å². The molecule has 6 heteroatoms. The highest BCUT2D eigenvalue weighted by Crippen LogP contribution is 2.03. The van der Waals surface area contributed by atoms with E-state index < -0.39 is 0 Å². The Labute approximate surface area is 96.0 Å². The summed E-state index contributed by atoms with van der Waals surface area (Å²) in [6.45, 7) is 7.32. The van der Waals surface area contributed by atoms with Crippen molar-refractivity contribution in [3.05, 3.63) is 0 Å². The molecule has 1 amide bonds. The van der Waals surface area contributed by atoms with Crippen LogP contribution in [0.15, 0.2) is 5.10 Å². The summed E-state index contributed by atoms with van der Waals surface area (Å²) in [4.78, 5) is 15.3. The van der Waals surface area contributed by atoms with Crippen LogP contribution in [-0.4, -0.2) is 55.0 Å². The van der Waals surface area contributed by atoms with Crippen LogP contribution in [0.2, 0.25) is 0 Å². The van der Waals surface area contributed by atoms with Gasteiger partial charge in [-0.2, -0.15) is 5.10 Å². The SMILES string of the molecule is CC(C)COC(=O)N1CCN(C=NN)CC1. The molecule has 0 aromatic rings. The molecule has 1 saturated heterocycles. The van der Waals surface area contributed by atoms with E-state index in [1.54, 1.807) is 11.2 Å². The van der Waals surface area contributed by atoms with E-state index in [2.05, 4.69) is 5.10 Å². The van der Waals surface area contributed by atoms with Crippen molar-refractivity contribution in [2.75, 3.05) is 32.8 Å². The first-order valence-electron chi connectivity index (χ1n) is 5.52. The molecule has 2 N–H and O–H groups in total. The van der Waals surface area contributed by atoms with Crippen LogP contribution in [0.4, 0.5) is 4.79 Å². The summed E-state index contributed by atoms with van der Waals surface area (Å²) in [5.41, 5.74) is 0. The minimum atomic E-state index is -0.224. The van der Waals surface area contributed by atoms with Gasteiger partial charge in [0.25, 0.3) is 0 Å². The Morgan fingerprint density at radius 1 is 1.44 bits per heavy atom. The quantitative estimate of drug-likeness (QED) is 0.326. The molecule has 1 fully saturated rings. The zero-order valence-electron chi connectivity index (χ0n) is 9.93. The summed E-state index contributed by atoms with van der Waals surface area (Å²) in [6.07, 6.45) is 1.37. The first kappa shape index (κ1) is 12.6. The van der Waals surface area contributed by atoms with Gasteiger partial charge in [-0.25, -0.2) is 4.79 Å². The number of rotatable bonds is 3. The van der Waals surface area contributed by atoms with Crippen LogP contribution in [0.5, 0.6) is 0 Å². The lowest BCUT2D eigenvalue weighted by Crippen LogP contribution is -2.48. The minimum Gasteiger partial charge on any atom is -0.449 e. The normalized spacial score (nSPS) is 17.2. The van der Waals surface area contributed by atoms with E-state index in [9.17, 15) is 4.79 Å². The Kier molecular flexibility index (Phi) is 4.88. The van der Waals surface area contributed by atoms with Gasteiger partial charge in [-0.3, -0.25) is 0 Å². The molecule has 16 heavy (non-hydrogen) atoms. The smallest absolute Gasteiger partial charge is 0.409 e. The van der Waals surface area contributed by atoms with Gasteiger partial charge in [-0.15, -0.1) is 0 Å². The third kappa shape index (κ3) is 3.96. The number of nitrogens with zero attached hydrogens (tertiary/aromatic N) is 3. The third-order valence-corrected chi connectivity index (χ3v) is 2.34. The molecule has 0 bridgehead atoms. The summed E-state index contributed by atoms with van der Waals surface area (Å²) in [7, 11) is 0. The van der Waals surface area contributed by atoms with E-state index in [0.717, 1.165) is 13.1 Å². The average Bonchev–Trinajstić information content (AvgIpc) is 2.27. The molecule has 0 atom stereocenters. The van der Waals surface area contributed by atoms with Crippen LogP contribution in [-0.2, 0) is 4.74 Å². The van der Waals surface area contributed by atoms with Gasteiger partial charge in [-0.1, -0.05) is 13.8 Å². The second-order valence-corrected chi connectivity index (χ2v) is 4.26. The topological polar surface area (TPSA) is 71.2 Å². The van der Waals surface area contributed by atoms with Gasteiger partial charge in [0.2, 0.25) is 0 Å². The lowest BCUT2D eigenvalue weighted by atomic mass is 10.2. The van der Waals surface area contributed by atoms with Gasteiger partial charge in [0, 0.05) is 26.2 Å². The second-order valence-electron chi connectivity index (χ2n) is 4.26. The molecule has 1 aliphatic heterocycles. The Bertz CT molecular complexity index is 247. The van der Waals surface area contributed by atoms with E-state index in [4.69, 9.17) is 10.6 Å². The molecule has 0 aromatic heterocycles. The molecule has 0 aromatic carbocycles. The number of ether oxygens (including phenoxy) is 1. The number of carbonyl (C=O) groups excluding carboxylic acids is 1. The summed E-state index contributed by atoms with van der Waals surface area (Å²) in [6, 6.07) is 0. The van der Waals surface area contributed by atoms with Crippen LogP contribution < -0.4 is 5.84 Å². The van der Waals surface area contributed by atoms with Crippen LogP contribution >= 0.6 is 0 Å². The predicted octanol–water partition coefficient (Wildman–Crippen LogP) is 0.299. The first-order valence-corrected chi connectivity index (χ1v) is 5.52.